The number of rotatable bonds is 0. The number of hydrogen-bond acceptors (Lipinski definition) is 4. The molecule has 0 radical (unpaired) electrons. The molecule has 5 heteroatoms. The van der Waals surface area contributed by atoms with E-state index in [0.717, 1.165) is 10.4 Å². The fourth-order valence-electron chi connectivity index (χ4n) is 1.45. The maximum Gasteiger partial charge on any atom is 0.278 e. The Morgan fingerprint density at radius 1 is 1.27 bits per heavy atom. The number of aromatic nitrogens is 3. The van der Waals surface area contributed by atoms with Crippen LogP contribution in [-0.2, 0) is 5.41 Å². The first-order valence-electron chi connectivity index (χ1n) is 4.76. The zero-order valence-electron chi connectivity index (χ0n) is 9.21. The zero-order valence-corrected chi connectivity index (χ0v) is 10.0. The smallest absolute Gasteiger partial charge is 0.278 e. The molecule has 80 valence electrons. The number of H-pyrrole nitrogens is 1. The number of nitrogens with zero attached hydrogens (tertiary/aromatic N) is 2. The van der Waals surface area contributed by atoms with Gasteiger partial charge in [-0.15, -0.1) is 0 Å². The van der Waals surface area contributed by atoms with E-state index < -0.39 is 0 Å². The molecular weight excluding hydrogens is 210 g/mol. The summed E-state index contributed by atoms with van der Waals surface area (Å²) in [6.45, 7) is 8.07. The van der Waals surface area contributed by atoms with Gasteiger partial charge in [-0.2, -0.15) is 4.37 Å². The van der Waals surface area contributed by atoms with Gasteiger partial charge in [-0.05, 0) is 18.5 Å². The van der Waals surface area contributed by atoms with Crippen molar-refractivity contribution in [2.45, 2.75) is 33.1 Å². The molecule has 15 heavy (non-hydrogen) atoms. The van der Waals surface area contributed by atoms with E-state index in [1.165, 1.54) is 11.5 Å². The van der Waals surface area contributed by atoms with Crippen molar-refractivity contribution in [1.29, 1.82) is 0 Å². The molecule has 0 aliphatic rings. The van der Waals surface area contributed by atoms with E-state index in [-0.39, 0.29) is 11.0 Å². The van der Waals surface area contributed by atoms with Gasteiger partial charge in [0, 0.05) is 5.41 Å². The monoisotopic (exact) mass is 223 g/mol. The Morgan fingerprint density at radius 2 is 1.93 bits per heavy atom. The third-order valence-corrected chi connectivity index (χ3v) is 3.40. The first-order valence-corrected chi connectivity index (χ1v) is 5.54. The van der Waals surface area contributed by atoms with Crippen LogP contribution in [-0.4, -0.2) is 14.3 Å². The lowest BCUT2D eigenvalue weighted by atomic mass is 9.94. The summed E-state index contributed by atoms with van der Waals surface area (Å²) in [7, 11) is 0. The molecule has 1 N–H and O–H groups in total. The summed E-state index contributed by atoms with van der Waals surface area (Å²) >= 11 is 1.36. The molecule has 2 rings (SSSR count). The number of hydrogen-bond donors (Lipinski definition) is 1. The molecule has 0 aliphatic heterocycles. The average molecular weight is 223 g/mol. The summed E-state index contributed by atoms with van der Waals surface area (Å²) in [5.41, 5.74) is 1.03. The summed E-state index contributed by atoms with van der Waals surface area (Å²) in [5, 5.41) is 0. The van der Waals surface area contributed by atoms with Crippen molar-refractivity contribution in [2.24, 2.45) is 0 Å². The van der Waals surface area contributed by atoms with Crippen LogP contribution in [0.15, 0.2) is 4.79 Å². The van der Waals surface area contributed by atoms with Crippen molar-refractivity contribution in [2.75, 3.05) is 0 Å². The van der Waals surface area contributed by atoms with Crippen LogP contribution in [0.1, 0.15) is 31.5 Å². The van der Waals surface area contributed by atoms with E-state index in [2.05, 4.69) is 35.1 Å². The second-order valence-corrected chi connectivity index (χ2v) is 5.38. The van der Waals surface area contributed by atoms with E-state index in [0.29, 0.717) is 11.3 Å². The second kappa shape index (κ2) is 3.13. The highest BCUT2D eigenvalue weighted by Crippen LogP contribution is 2.30. The van der Waals surface area contributed by atoms with Gasteiger partial charge in [0.2, 0.25) is 0 Å². The SMILES string of the molecule is Cc1nc2c(C(C)(C)C)snc2c(=O)[nH]1. The highest BCUT2D eigenvalue weighted by molar-refractivity contribution is 7.07. The van der Waals surface area contributed by atoms with Gasteiger partial charge in [0.25, 0.3) is 5.56 Å². The summed E-state index contributed by atoms with van der Waals surface area (Å²) in [5.74, 6) is 0.637. The Balaban J connectivity index is 2.86. The van der Waals surface area contributed by atoms with Gasteiger partial charge in [0.15, 0.2) is 5.52 Å². The lowest BCUT2D eigenvalue weighted by Gasteiger charge is -2.15. The van der Waals surface area contributed by atoms with Crippen molar-refractivity contribution >= 4 is 22.6 Å². The molecule has 0 fully saturated rings. The lowest BCUT2D eigenvalue weighted by Crippen LogP contribution is -2.13. The maximum absolute atomic E-state index is 11.6. The summed E-state index contributed by atoms with van der Waals surface area (Å²) in [4.78, 5) is 19.7. The van der Waals surface area contributed by atoms with Crippen LogP contribution in [0.4, 0.5) is 0 Å². The first kappa shape index (κ1) is 10.3. The molecule has 0 saturated heterocycles. The average Bonchev–Trinajstić information content (AvgIpc) is 2.45. The van der Waals surface area contributed by atoms with Gasteiger partial charge < -0.3 is 4.98 Å². The molecule has 2 aromatic heterocycles. The summed E-state index contributed by atoms with van der Waals surface area (Å²) in [6, 6.07) is 0. The molecule has 0 bridgehead atoms. The summed E-state index contributed by atoms with van der Waals surface area (Å²) in [6.07, 6.45) is 0. The number of nitrogens with one attached hydrogen (secondary N) is 1. The Bertz CT molecular complexity index is 562. The van der Waals surface area contributed by atoms with Crippen LogP contribution in [0, 0.1) is 6.92 Å². The fourth-order valence-corrected chi connectivity index (χ4v) is 2.30. The van der Waals surface area contributed by atoms with Gasteiger partial charge in [-0.25, -0.2) is 4.98 Å². The second-order valence-electron chi connectivity index (χ2n) is 4.61. The zero-order chi connectivity index (χ0) is 11.2. The topological polar surface area (TPSA) is 58.6 Å². The normalized spacial score (nSPS) is 12.3. The third kappa shape index (κ3) is 1.67. The minimum absolute atomic E-state index is 0.0212. The van der Waals surface area contributed by atoms with Crippen molar-refractivity contribution < 1.29 is 0 Å². The summed E-state index contributed by atoms with van der Waals surface area (Å²) < 4.78 is 4.16. The lowest BCUT2D eigenvalue weighted by molar-refractivity contribution is 0.607. The van der Waals surface area contributed by atoms with E-state index in [9.17, 15) is 4.79 Å². The Labute approximate surface area is 91.5 Å². The van der Waals surface area contributed by atoms with Crippen molar-refractivity contribution in [3.05, 3.63) is 21.1 Å². The molecule has 0 amide bonds. The van der Waals surface area contributed by atoms with Gasteiger partial charge in [-0.1, -0.05) is 20.8 Å². The van der Waals surface area contributed by atoms with Crippen LogP contribution in [0.2, 0.25) is 0 Å². The molecular formula is C10H13N3OS. The molecule has 0 saturated carbocycles. The molecule has 0 aliphatic carbocycles. The fraction of sp³-hybridized carbons (Fsp3) is 0.500. The maximum atomic E-state index is 11.6. The quantitative estimate of drug-likeness (QED) is 0.743. The first-order chi connectivity index (χ1) is 6.89. The van der Waals surface area contributed by atoms with Gasteiger partial charge in [0.05, 0.1) is 4.88 Å². The number of fused-ring (bicyclic) bond motifs is 1. The Kier molecular flexibility index (Phi) is 2.15. The largest absolute Gasteiger partial charge is 0.309 e. The highest BCUT2D eigenvalue weighted by Gasteiger charge is 2.22. The van der Waals surface area contributed by atoms with Crippen molar-refractivity contribution in [3.8, 4) is 0 Å². The molecule has 4 nitrogen and oxygen atoms in total. The van der Waals surface area contributed by atoms with Crippen LogP contribution < -0.4 is 5.56 Å². The van der Waals surface area contributed by atoms with Crippen LogP contribution in [0.5, 0.6) is 0 Å². The molecule has 0 spiro atoms. The van der Waals surface area contributed by atoms with Crippen LogP contribution in [0.25, 0.3) is 11.0 Å². The number of aromatic amines is 1. The van der Waals surface area contributed by atoms with Crippen LogP contribution in [0.3, 0.4) is 0 Å². The molecule has 0 atom stereocenters. The molecule has 2 heterocycles. The van der Waals surface area contributed by atoms with Gasteiger partial charge >= 0.3 is 0 Å². The highest BCUT2D eigenvalue weighted by atomic mass is 32.1. The van der Waals surface area contributed by atoms with Gasteiger partial charge in [0.1, 0.15) is 11.3 Å². The third-order valence-electron chi connectivity index (χ3n) is 2.14. The Morgan fingerprint density at radius 3 is 2.53 bits per heavy atom. The van der Waals surface area contributed by atoms with E-state index in [1.807, 2.05) is 0 Å². The standard InChI is InChI=1S/C10H13N3OS/c1-5-11-6-7(9(14)12-5)13-15-8(6)10(2,3)4/h1-4H3,(H,11,12,14). The minimum atomic E-state index is -0.149. The minimum Gasteiger partial charge on any atom is -0.309 e. The van der Waals surface area contributed by atoms with Crippen LogP contribution >= 0.6 is 11.5 Å². The van der Waals surface area contributed by atoms with E-state index >= 15 is 0 Å². The molecule has 0 unspecified atom stereocenters. The van der Waals surface area contributed by atoms with Crippen molar-refractivity contribution in [1.82, 2.24) is 14.3 Å². The Hall–Kier alpha value is -1.23. The predicted octanol–water partition coefficient (Wildman–Crippen LogP) is 1.99. The van der Waals surface area contributed by atoms with Crippen molar-refractivity contribution in [3.63, 3.8) is 0 Å². The van der Waals surface area contributed by atoms with Gasteiger partial charge in [-0.3, -0.25) is 4.79 Å². The van der Waals surface area contributed by atoms with E-state index in [4.69, 9.17) is 0 Å². The number of aryl methyl sites for hydroxylation is 1. The predicted molar refractivity (Wildman–Crippen MR) is 61.5 cm³/mol. The molecule has 2 aromatic rings. The molecule has 0 aromatic carbocycles. The van der Waals surface area contributed by atoms with E-state index in [1.54, 1.807) is 6.92 Å².